The Kier molecular flexibility index (Phi) is 5.44. The van der Waals surface area contributed by atoms with Crippen LogP contribution in [-0.4, -0.2) is 30.0 Å². The van der Waals surface area contributed by atoms with Crippen LogP contribution in [0.25, 0.3) is 0 Å². The van der Waals surface area contributed by atoms with Gasteiger partial charge < -0.3 is 4.74 Å². The van der Waals surface area contributed by atoms with Crippen molar-refractivity contribution in [2.45, 2.75) is 19.4 Å². The first kappa shape index (κ1) is 19.6. The highest BCUT2D eigenvalue weighted by molar-refractivity contribution is 6.16. The van der Waals surface area contributed by atoms with E-state index in [0.29, 0.717) is 16.9 Å². The van der Waals surface area contributed by atoms with Crippen LogP contribution in [0.3, 0.4) is 0 Å². The minimum atomic E-state index is -0.645. The Hall–Kier alpha value is -3.73. The molecule has 5 heteroatoms. The normalized spacial score (nSPS) is 16.1. The molecule has 1 unspecified atom stereocenters. The highest BCUT2D eigenvalue weighted by atomic mass is 16.5. The summed E-state index contributed by atoms with van der Waals surface area (Å²) in [4.78, 5) is 32.3. The maximum absolute atomic E-state index is 13.3. The molecule has 3 aromatic carbocycles. The van der Waals surface area contributed by atoms with Gasteiger partial charge in [-0.25, -0.2) is 0 Å². The van der Waals surface area contributed by atoms with Gasteiger partial charge >= 0.3 is 0 Å². The van der Waals surface area contributed by atoms with Crippen molar-refractivity contribution < 1.29 is 14.3 Å². The molecule has 0 bridgehead atoms. The van der Waals surface area contributed by atoms with E-state index in [1.165, 1.54) is 4.90 Å². The van der Waals surface area contributed by atoms with Gasteiger partial charge in [0.1, 0.15) is 5.75 Å². The summed E-state index contributed by atoms with van der Waals surface area (Å²) in [5.74, 6) is -0.672. The lowest BCUT2D eigenvalue weighted by Gasteiger charge is -2.31. The van der Waals surface area contributed by atoms with Crippen molar-refractivity contribution in [3.05, 3.63) is 95.1 Å². The van der Waals surface area contributed by atoms with Crippen molar-refractivity contribution in [2.24, 2.45) is 4.99 Å². The van der Waals surface area contributed by atoms with Crippen LogP contribution in [0.2, 0.25) is 0 Å². The Bertz CT molecular complexity index is 1100. The summed E-state index contributed by atoms with van der Waals surface area (Å²) in [6, 6.07) is 22.5. The molecule has 0 N–H and O–H groups in total. The van der Waals surface area contributed by atoms with Crippen molar-refractivity contribution in [1.82, 2.24) is 4.90 Å². The summed E-state index contributed by atoms with van der Waals surface area (Å²) in [5.41, 5.74) is 3.89. The Morgan fingerprint density at radius 2 is 1.73 bits per heavy atom. The number of carbonyl (C=O) groups is 2. The van der Waals surface area contributed by atoms with E-state index >= 15 is 0 Å². The van der Waals surface area contributed by atoms with E-state index in [0.717, 1.165) is 16.8 Å². The molecule has 150 valence electrons. The molecule has 0 saturated carbocycles. The number of hydrogen-bond acceptors (Lipinski definition) is 4. The fraction of sp³-hybridized carbons (Fsp3) is 0.160. The summed E-state index contributed by atoms with van der Waals surface area (Å²) in [6.07, 6.45) is 1.63. The van der Waals surface area contributed by atoms with E-state index in [-0.39, 0.29) is 18.4 Å². The van der Waals surface area contributed by atoms with Gasteiger partial charge in [0.05, 0.1) is 25.3 Å². The minimum absolute atomic E-state index is 0.212. The zero-order valence-corrected chi connectivity index (χ0v) is 16.9. The molecular formula is C25H22N2O3. The molecule has 1 atom stereocenters. The second-order valence-electron chi connectivity index (χ2n) is 7.26. The van der Waals surface area contributed by atoms with Crippen molar-refractivity contribution in [3.8, 4) is 5.75 Å². The molecule has 0 radical (unpaired) electrons. The van der Waals surface area contributed by atoms with Crippen LogP contribution in [0.4, 0.5) is 5.69 Å². The Morgan fingerprint density at radius 3 is 2.43 bits per heavy atom. The van der Waals surface area contributed by atoms with Gasteiger partial charge in [-0.15, -0.1) is 0 Å². The average molecular weight is 398 g/mol. The number of ether oxygens (including phenoxy) is 1. The van der Waals surface area contributed by atoms with Crippen molar-refractivity contribution in [3.63, 3.8) is 0 Å². The third-order valence-electron chi connectivity index (χ3n) is 5.19. The second kappa shape index (κ2) is 8.33. The minimum Gasteiger partial charge on any atom is -0.497 e. The molecule has 0 fully saturated rings. The van der Waals surface area contributed by atoms with Crippen LogP contribution in [0, 0.1) is 6.92 Å². The Labute approximate surface area is 175 Å². The number of aryl methyl sites for hydroxylation is 1. The number of hydrogen-bond donors (Lipinski definition) is 0. The molecule has 1 aliphatic rings. The predicted molar refractivity (Wildman–Crippen MR) is 116 cm³/mol. The molecule has 0 aliphatic carbocycles. The highest BCUT2D eigenvalue weighted by Gasteiger charge is 2.38. The fourth-order valence-electron chi connectivity index (χ4n) is 3.52. The Morgan fingerprint density at radius 1 is 1.00 bits per heavy atom. The largest absolute Gasteiger partial charge is 0.497 e. The smallest absolute Gasteiger partial charge is 0.261 e. The van der Waals surface area contributed by atoms with E-state index in [1.807, 2.05) is 61.5 Å². The number of fused-ring (bicyclic) bond motifs is 1. The van der Waals surface area contributed by atoms with E-state index in [9.17, 15) is 9.59 Å². The second-order valence-corrected chi connectivity index (χ2v) is 7.26. The molecule has 3 aromatic rings. The van der Waals surface area contributed by atoms with Gasteiger partial charge in [-0.2, -0.15) is 0 Å². The van der Waals surface area contributed by atoms with Gasteiger partial charge in [0, 0.05) is 11.8 Å². The van der Waals surface area contributed by atoms with E-state index in [2.05, 4.69) is 4.99 Å². The monoisotopic (exact) mass is 398 g/mol. The van der Waals surface area contributed by atoms with Gasteiger partial charge in [0.15, 0.2) is 0 Å². The predicted octanol–water partition coefficient (Wildman–Crippen LogP) is 4.67. The van der Waals surface area contributed by atoms with Crippen LogP contribution < -0.4 is 4.74 Å². The number of carbonyl (C=O) groups excluding carboxylic acids is 2. The first-order valence-electron chi connectivity index (χ1n) is 9.75. The number of benzene rings is 3. The average Bonchev–Trinajstić information content (AvgIpc) is 2.78. The lowest BCUT2D eigenvalue weighted by atomic mass is 9.88. The molecule has 1 heterocycles. The topological polar surface area (TPSA) is 59.0 Å². The van der Waals surface area contributed by atoms with E-state index in [1.54, 1.807) is 31.5 Å². The van der Waals surface area contributed by atoms with Crippen LogP contribution in [0.5, 0.6) is 5.75 Å². The van der Waals surface area contributed by atoms with Crippen LogP contribution in [0.1, 0.15) is 33.0 Å². The lowest BCUT2D eigenvalue weighted by molar-refractivity contribution is -0.129. The maximum atomic E-state index is 13.3. The van der Waals surface area contributed by atoms with Gasteiger partial charge in [0.25, 0.3) is 5.91 Å². The number of rotatable bonds is 5. The highest BCUT2D eigenvalue weighted by Crippen LogP contribution is 2.32. The summed E-state index contributed by atoms with van der Waals surface area (Å²) in [6.45, 7) is 2.22. The Balaban J connectivity index is 1.73. The van der Waals surface area contributed by atoms with Crippen LogP contribution >= 0.6 is 0 Å². The fourth-order valence-corrected chi connectivity index (χ4v) is 3.52. The van der Waals surface area contributed by atoms with Crippen molar-refractivity contribution >= 4 is 23.7 Å². The molecule has 0 saturated heterocycles. The summed E-state index contributed by atoms with van der Waals surface area (Å²) in [7, 11) is 1.55. The van der Waals surface area contributed by atoms with Crippen LogP contribution in [-0.2, 0) is 11.3 Å². The van der Waals surface area contributed by atoms with Crippen LogP contribution in [0.15, 0.2) is 77.8 Å². The molecule has 5 nitrogen and oxygen atoms in total. The third-order valence-corrected chi connectivity index (χ3v) is 5.19. The van der Waals surface area contributed by atoms with Gasteiger partial charge in [-0.1, -0.05) is 54.1 Å². The quantitative estimate of drug-likeness (QED) is 0.463. The number of imide groups is 1. The van der Waals surface area contributed by atoms with E-state index < -0.39 is 5.92 Å². The standard InChI is InChI=1S/C25H22N2O3/c1-17-8-10-19(11-9-17)26-15-23-21-13-12-20(30-2)14-22(21)24(28)27(25(23)29)16-18-6-4-3-5-7-18/h3-15,23H,16H2,1-2H3. The first-order valence-corrected chi connectivity index (χ1v) is 9.75. The SMILES string of the molecule is COc1ccc2c(c1)C(=O)N(Cc1ccccc1)C(=O)C2C=Nc1ccc(C)cc1. The van der Waals surface area contributed by atoms with Crippen molar-refractivity contribution in [2.75, 3.05) is 7.11 Å². The molecule has 2 amide bonds. The molecule has 1 aliphatic heterocycles. The van der Waals surface area contributed by atoms with Gasteiger partial charge in [-0.3, -0.25) is 19.5 Å². The van der Waals surface area contributed by atoms with Gasteiger partial charge in [0.2, 0.25) is 5.91 Å². The number of nitrogens with zero attached hydrogens (tertiary/aromatic N) is 2. The number of methoxy groups -OCH3 is 1. The molecular weight excluding hydrogens is 376 g/mol. The van der Waals surface area contributed by atoms with Crippen molar-refractivity contribution in [1.29, 1.82) is 0 Å². The summed E-state index contributed by atoms with van der Waals surface area (Å²) < 4.78 is 5.30. The number of aliphatic imine (C=N–C) groups is 1. The first-order chi connectivity index (χ1) is 14.6. The van der Waals surface area contributed by atoms with E-state index in [4.69, 9.17) is 4.74 Å². The summed E-state index contributed by atoms with van der Waals surface area (Å²) in [5, 5.41) is 0. The molecule has 0 aromatic heterocycles. The summed E-state index contributed by atoms with van der Waals surface area (Å²) >= 11 is 0. The third kappa shape index (κ3) is 3.87. The zero-order chi connectivity index (χ0) is 21.1. The molecule has 0 spiro atoms. The lowest BCUT2D eigenvalue weighted by Crippen LogP contribution is -2.44. The molecule has 4 rings (SSSR count). The van der Waals surface area contributed by atoms with Gasteiger partial charge in [-0.05, 0) is 42.3 Å². The zero-order valence-electron chi connectivity index (χ0n) is 16.9. The molecule has 30 heavy (non-hydrogen) atoms. The number of amides is 2. The maximum Gasteiger partial charge on any atom is 0.261 e.